The minimum absolute atomic E-state index is 0.645. The Balaban J connectivity index is 1.72. The van der Waals surface area contributed by atoms with Crippen LogP contribution in [0.15, 0.2) is 35.4 Å². The van der Waals surface area contributed by atoms with Gasteiger partial charge in [-0.2, -0.15) is 5.10 Å². The predicted molar refractivity (Wildman–Crippen MR) is 65.1 cm³/mol. The molecule has 3 rings (SSSR count). The summed E-state index contributed by atoms with van der Waals surface area (Å²) in [6.45, 7) is 0.965. The van der Waals surface area contributed by atoms with Crippen molar-refractivity contribution in [3.8, 4) is 0 Å². The van der Waals surface area contributed by atoms with E-state index in [0.717, 1.165) is 19.5 Å². The largest absolute Gasteiger partial charge is 0.336 e. The van der Waals surface area contributed by atoms with Crippen LogP contribution in [0.5, 0.6) is 0 Å². The normalized spacial score (nSPS) is 23.6. The van der Waals surface area contributed by atoms with Gasteiger partial charge < -0.3 is 4.90 Å². The Morgan fingerprint density at radius 3 is 2.94 bits per heavy atom. The van der Waals surface area contributed by atoms with Gasteiger partial charge in [-0.05, 0) is 18.4 Å². The molecule has 1 fully saturated rings. The van der Waals surface area contributed by atoms with Gasteiger partial charge in [0.05, 0.1) is 0 Å². The first kappa shape index (κ1) is 9.70. The number of hydrogen-bond acceptors (Lipinski definition) is 3. The topological polar surface area (TPSA) is 18.8 Å². The lowest BCUT2D eigenvalue weighted by molar-refractivity contribution is 0.235. The minimum atomic E-state index is 0.645. The van der Waals surface area contributed by atoms with Gasteiger partial charge >= 0.3 is 0 Å². The van der Waals surface area contributed by atoms with Crippen LogP contribution in [0.1, 0.15) is 18.4 Å². The molecule has 0 radical (unpaired) electrons. The minimum Gasteiger partial charge on any atom is -0.336 e. The fourth-order valence-corrected chi connectivity index (χ4v) is 2.66. The van der Waals surface area contributed by atoms with Crippen LogP contribution in [0.4, 0.5) is 0 Å². The van der Waals surface area contributed by atoms with E-state index in [2.05, 4.69) is 40.3 Å². The van der Waals surface area contributed by atoms with Gasteiger partial charge in [-0.25, -0.2) is 0 Å². The molecule has 0 aromatic heterocycles. The average Bonchev–Trinajstić information content (AvgIpc) is 2.81. The van der Waals surface area contributed by atoms with Crippen LogP contribution in [0.2, 0.25) is 0 Å². The highest BCUT2D eigenvalue weighted by Crippen LogP contribution is 2.26. The highest BCUT2D eigenvalue weighted by molar-refractivity contribution is 5.85. The second-order valence-corrected chi connectivity index (χ2v) is 4.67. The summed E-state index contributed by atoms with van der Waals surface area (Å²) >= 11 is 0. The maximum Gasteiger partial charge on any atom is 0.126 e. The molecule has 1 aromatic carbocycles. The van der Waals surface area contributed by atoms with Crippen molar-refractivity contribution in [2.45, 2.75) is 25.3 Å². The van der Waals surface area contributed by atoms with Gasteiger partial charge in [-0.3, -0.25) is 5.01 Å². The van der Waals surface area contributed by atoms with Crippen molar-refractivity contribution in [1.29, 1.82) is 0 Å². The van der Waals surface area contributed by atoms with Gasteiger partial charge in [0.1, 0.15) is 12.5 Å². The molecule has 1 saturated heterocycles. The molecule has 0 saturated carbocycles. The van der Waals surface area contributed by atoms with Crippen molar-refractivity contribution >= 4 is 5.84 Å². The van der Waals surface area contributed by atoms with Gasteiger partial charge in [0.2, 0.25) is 0 Å². The van der Waals surface area contributed by atoms with Crippen molar-refractivity contribution in [3.05, 3.63) is 35.9 Å². The summed E-state index contributed by atoms with van der Waals surface area (Å²) in [4.78, 5) is 2.45. The molecule has 2 heterocycles. The Kier molecular flexibility index (Phi) is 2.31. The summed E-state index contributed by atoms with van der Waals surface area (Å²) in [5.74, 6) is 1.28. The number of rotatable bonds is 2. The van der Waals surface area contributed by atoms with Crippen LogP contribution in [-0.2, 0) is 6.42 Å². The molecule has 0 bridgehead atoms. The fourth-order valence-electron chi connectivity index (χ4n) is 2.66. The molecule has 0 aliphatic carbocycles. The highest BCUT2D eigenvalue weighted by Gasteiger charge is 2.33. The SMILES string of the molecule is CN1CN2C(=N1)CC[C@@H]2Cc1ccccc1. The molecule has 0 spiro atoms. The van der Waals surface area contributed by atoms with E-state index in [9.17, 15) is 0 Å². The lowest BCUT2D eigenvalue weighted by atomic mass is 10.0. The monoisotopic (exact) mass is 215 g/mol. The highest BCUT2D eigenvalue weighted by atomic mass is 15.6. The van der Waals surface area contributed by atoms with Gasteiger partial charge in [0.25, 0.3) is 0 Å². The van der Waals surface area contributed by atoms with Crippen LogP contribution < -0.4 is 0 Å². The quantitative estimate of drug-likeness (QED) is 0.750. The Morgan fingerprint density at radius 1 is 1.31 bits per heavy atom. The molecule has 1 atom stereocenters. The average molecular weight is 215 g/mol. The Labute approximate surface area is 96.4 Å². The van der Waals surface area contributed by atoms with Crippen LogP contribution >= 0.6 is 0 Å². The first-order valence-corrected chi connectivity index (χ1v) is 5.92. The third-order valence-corrected chi connectivity index (χ3v) is 3.43. The predicted octanol–water partition coefficient (Wildman–Crippen LogP) is 1.91. The van der Waals surface area contributed by atoms with Gasteiger partial charge in [-0.15, -0.1) is 0 Å². The smallest absolute Gasteiger partial charge is 0.126 e. The summed E-state index contributed by atoms with van der Waals surface area (Å²) in [6.07, 6.45) is 3.54. The molecule has 0 amide bonds. The molecular weight excluding hydrogens is 198 g/mol. The molecule has 84 valence electrons. The first-order valence-electron chi connectivity index (χ1n) is 5.92. The standard InChI is InChI=1S/C13H17N3/c1-15-10-16-12(7-8-13(16)14-15)9-11-5-3-2-4-6-11/h2-6,12H,7-10H2,1H3/t12-/m1/s1. The number of fused-ring (bicyclic) bond motifs is 1. The van der Waals surface area contributed by atoms with E-state index in [4.69, 9.17) is 0 Å². The summed E-state index contributed by atoms with van der Waals surface area (Å²) in [7, 11) is 2.05. The van der Waals surface area contributed by atoms with Crippen LogP contribution in [0.3, 0.4) is 0 Å². The molecule has 1 aromatic rings. The molecule has 3 nitrogen and oxygen atoms in total. The Bertz CT molecular complexity index is 399. The summed E-state index contributed by atoms with van der Waals surface area (Å²) < 4.78 is 0. The molecule has 0 unspecified atom stereocenters. The third-order valence-electron chi connectivity index (χ3n) is 3.43. The number of hydrogen-bond donors (Lipinski definition) is 0. The number of amidine groups is 1. The maximum atomic E-state index is 4.52. The Morgan fingerprint density at radius 2 is 2.12 bits per heavy atom. The molecule has 0 N–H and O–H groups in total. The Hall–Kier alpha value is -1.51. The van der Waals surface area contributed by atoms with E-state index in [1.54, 1.807) is 0 Å². The fraction of sp³-hybridized carbons (Fsp3) is 0.462. The lowest BCUT2D eigenvalue weighted by Gasteiger charge is -2.23. The van der Waals surface area contributed by atoms with Crippen LogP contribution in [0, 0.1) is 0 Å². The van der Waals surface area contributed by atoms with Crippen molar-refractivity contribution in [2.24, 2.45) is 5.10 Å². The van der Waals surface area contributed by atoms with E-state index < -0.39 is 0 Å². The number of benzene rings is 1. The summed E-state index contributed by atoms with van der Waals surface area (Å²) in [5.41, 5.74) is 1.43. The third kappa shape index (κ3) is 1.66. The zero-order valence-electron chi connectivity index (χ0n) is 9.63. The zero-order chi connectivity index (χ0) is 11.0. The molecule has 16 heavy (non-hydrogen) atoms. The first-order chi connectivity index (χ1) is 7.83. The van der Waals surface area contributed by atoms with E-state index in [1.165, 1.54) is 17.8 Å². The number of nitrogens with zero attached hydrogens (tertiary/aromatic N) is 3. The maximum absolute atomic E-state index is 4.52. The zero-order valence-corrected chi connectivity index (χ0v) is 9.63. The number of hydrazone groups is 1. The molecule has 3 heteroatoms. The van der Waals surface area contributed by atoms with Crippen LogP contribution in [-0.4, -0.2) is 35.5 Å². The van der Waals surface area contributed by atoms with Gasteiger partial charge in [0, 0.05) is 19.5 Å². The molecule has 2 aliphatic heterocycles. The van der Waals surface area contributed by atoms with Crippen molar-refractivity contribution in [3.63, 3.8) is 0 Å². The molecular formula is C13H17N3. The van der Waals surface area contributed by atoms with E-state index in [0.29, 0.717) is 6.04 Å². The second kappa shape index (κ2) is 3.81. The lowest BCUT2D eigenvalue weighted by Crippen LogP contribution is -2.34. The van der Waals surface area contributed by atoms with E-state index in [-0.39, 0.29) is 0 Å². The summed E-state index contributed by atoms with van der Waals surface area (Å²) in [5, 5.41) is 6.55. The van der Waals surface area contributed by atoms with Gasteiger partial charge in [-0.1, -0.05) is 30.3 Å². The van der Waals surface area contributed by atoms with E-state index in [1.807, 2.05) is 12.1 Å². The second-order valence-electron chi connectivity index (χ2n) is 4.67. The van der Waals surface area contributed by atoms with Crippen LogP contribution in [0.25, 0.3) is 0 Å². The van der Waals surface area contributed by atoms with Crippen molar-refractivity contribution in [1.82, 2.24) is 9.91 Å². The van der Waals surface area contributed by atoms with E-state index >= 15 is 0 Å². The van der Waals surface area contributed by atoms with Crippen molar-refractivity contribution < 1.29 is 0 Å². The summed E-state index contributed by atoms with van der Waals surface area (Å²) in [6, 6.07) is 11.4. The van der Waals surface area contributed by atoms with Crippen molar-refractivity contribution in [2.75, 3.05) is 13.7 Å². The molecule has 2 aliphatic rings. The van der Waals surface area contributed by atoms with Gasteiger partial charge in [0.15, 0.2) is 0 Å².